The minimum atomic E-state index is -0.0577. The van der Waals surface area contributed by atoms with Crippen LogP contribution in [0.1, 0.15) is 57.6 Å². The first kappa shape index (κ1) is 17.0. The zero-order valence-electron chi connectivity index (χ0n) is 14.0. The Balaban J connectivity index is 1.84. The summed E-state index contributed by atoms with van der Waals surface area (Å²) in [7, 11) is 0. The lowest BCUT2D eigenvalue weighted by Gasteiger charge is -2.48. The highest BCUT2D eigenvalue weighted by molar-refractivity contribution is 9.10. The minimum Gasteiger partial charge on any atom is -0.460 e. The number of morpholine rings is 1. The number of benzene rings is 1. The van der Waals surface area contributed by atoms with Crippen molar-refractivity contribution in [1.29, 1.82) is 0 Å². The molecule has 0 aliphatic carbocycles. The van der Waals surface area contributed by atoms with Gasteiger partial charge in [-0.2, -0.15) is 0 Å². The number of esters is 1. The summed E-state index contributed by atoms with van der Waals surface area (Å²) in [6.45, 7) is 5.37. The smallest absolute Gasteiger partial charge is 0.323 e. The first-order valence-corrected chi connectivity index (χ1v) is 9.61. The molecule has 2 aliphatic heterocycles. The Hall–Kier alpha value is -0.870. The second-order valence-electron chi connectivity index (χ2n) is 6.96. The van der Waals surface area contributed by atoms with Crippen LogP contribution in [0.25, 0.3) is 0 Å². The van der Waals surface area contributed by atoms with E-state index in [1.807, 2.05) is 0 Å². The zero-order valence-corrected chi connectivity index (χ0v) is 15.6. The summed E-state index contributed by atoms with van der Waals surface area (Å²) in [5.41, 5.74) is 1.31. The average molecular weight is 380 g/mol. The second-order valence-corrected chi connectivity index (χ2v) is 7.88. The van der Waals surface area contributed by atoms with E-state index in [1.54, 1.807) is 0 Å². The lowest BCUT2D eigenvalue weighted by molar-refractivity contribution is -0.174. The van der Waals surface area contributed by atoms with Crippen LogP contribution in [-0.2, 0) is 9.53 Å². The molecule has 0 saturated carbocycles. The lowest BCUT2D eigenvalue weighted by Crippen LogP contribution is -2.57. The van der Waals surface area contributed by atoms with Gasteiger partial charge in [0.25, 0.3) is 0 Å². The SMILES string of the molecule is CCCC[C@H]1CN2[C@@H](CC[C@@H](C)[C@@H]2c2ccc(Br)cc2)C(=O)O1. The summed E-state index contributed by atoms with van der Waals surface area (Å²) in [6.07, 6.45) is 5.30. The molecule has 3 nitrogen and oxygen atoms in total. The number of carbonyl (C=O) groups is 1. The molecule has 2 fully saturated rings. The van der Waals surface area contributed by atoms with Gasteiger partial charge in [0, 0.05) is 17.1 Å². The zero-order chi connectivity index (χ0) is 16.4. The number of hydrogen-bond donors (Lipinski definition) is 0. The van der Waals surface area contributed by atoms with Crippen molar-refractivity contribution in [3.63, 3.8) is 0 Å². The predicted octanol–water partition coefficient (Wildman–Crippen LogP) is 4.71. The Bertz CT molecular complexity index is 545. The van der Waals surface area contributed by atoms with E-state index in [2.05, 4.69) is 58.9 Å². The van der Waals surface area contributed by atoms with E-state index in [0.29, 0.717) is 12.0 Å². The first-order valence-electron chi connectivity index (χ1n) is 8.82. The highest BCUT2D eigenvalue weighted by atomic mass is 79.9. The van der Waals surface area contributed by atoms with Crippen molar-refractivity contribution in [2.45, 2.75) is 64.1 Å². The maximum Gasteiger partial charge on any atom is 0.323 e. The van der Waals surface area contributed by atoms with E-state index in [-0.39, 0.29) is 18.1 Å². The average Bonchev–Trinajstić information content (AvgIpc) is 2.54. The van der Waals surface area contributed by atoms with Crippen LogP contribution in [0.4, 0.5) is 0 Å². The molecule has 1 aromatic rings. The fraction of sp³-hybridized carbons (Fsp3) is 0.632. The number of cyclic esters (lactones) is 1. The van der Waals surface area contributed by atoms with Gasteiger partial charge < -0.3 is 4.74 Å². The van der Waals surface area contributed by atoms with Gasteiger partial charge in [-0.3, -0.25) is 9.69 Å². The highest BCUT2D eigenvalue weighted by Gasteiger charge is 2.44. The van der Waals surface area contributed by atoms with Crippen LogP contribution < -0.4 is 0 Å². The van der Waals surface area contributed by atoms with Gasteiger partial charge in [-0.25, -0.2) is 0 Å². The number of ether oxygens (including phenoxy) is 1. The lowest BCUT2D eigenvalue weighted by atomic mass is 9.82. The third-order valence-corrected chi connectivity index (χ3v) is 5.78. The summed E-state index contributed by atoms with van der Waals surface area (Å²) in [5.74, 6) is 0.552. The van der Waals surface area contributed by atoms with Crippen molar-refractivity contribution < 1.29 is 9.53 Å². The van der Waals surface area contributed by atoms with Crippen molar-refractivity contribution in [2.24, 2.45) is 5.92 Å². The van der Waals surface area contributed by atoms with E-state index in [9.17, 15) is 4.79 Å². The molecule has 0 radical (unpaired) electrons. The fourth-order valence-corrected chi connectivity index (χ4v) is 4.30. The van der Waals surface area contributed by atoms with Gasteiger partial charge in [0.1, 0.15) is 12.1 Å². The number of nitrogens with zero attached hydrogens (tertiary/aromatic N) is 1. The standard InChI is InChI=1S/C19H26BrNO2/c1-3-4-5-16-12-21-17(19(22)23-16)11-6-13(2)18(21)14-7-9-15(20)10-8-14/h7-10,13,16-18H,3-6,11-12H2,1-2H3/t13-,16+,17+,18-/m1/s1. The molecule has 0 unspecified atom stereocenters. The van der Waals surface area contributed by atoms with Crippen molar-refractivity contribution in [2.75, 3.05) is 6.54 Å². The van der Waals surface area contributed by atoms with Gasteiger partial charge in [-0.15, -0.1) is 0 Å². The maximum atomic E-state index is 12.5. The van der Waals surface area contributed by atoms with E-state index >= 15 is 0 Å². The highest BCUT2D eigenvalue weighted by Crippen LogP contribution is 2.41. The van der Waals surface area contributed by atoms with E-state index < -0.39 is 0 Å². The van der Waals surface area contributed by atoms with Gasteiger partial charge in [-0.1, -0.05) is 48.3 Å². The number of piperidine rings is 1. The van der Waals surface area contributed by atoms with Gasteiger partial charge in [-0.05, 0) is 49.3 Å². The number of rotatable bonds is 4. The van der Waals surface area contributed by atoms with Crippen LogP contribution in [0.5, 0.6) is 0 Å². The second kappa shape index (κ2) is 7.35. The Kier molecular flexibility index (Phi) is 5.42. The molecule has 126 valence electrons. The monoisotopic (exact) mass is 379 g/mol. The summed E-state index contributed by atoms with van der Waals surface area (Å²) in [4.78, 5) is 14.9. The molecule has 3 rings (SSSR count). The predicted molar refractivity (Wildman–Crippen MR) is 95.2 cm³/mol. The topological polar surface area (TPSA) is 29.5 Å². The van der Waals surface area contributed by atoms with Crippen LogP contribution in [0, 0.1) is 5.92 Å². The number of carbonyl (C=O) groups excluding carboxylic acids is 1. The molecule has 0 aromatic heterocycles. The molecular weight excluding hydrogens is 354 g/mol. The van der Waals surface area contributed by atoms with Crippen LogP contribution in [0.2, 0.25) is 0 Å². The Morgan fingerprint density at radius 2 is 2.00 bits per heavy atom. The van der Waals surface area contributed by atoms with Crippen LogP contribution in [0.15, 0.2) is 28.7 Å². The molecule has 0 spiro atoms. The molecule has 4 atom stereocenters. The van der Waals surface area contributed by atoms with Gasteiger partial charge in [0.05, 0.1) is 0 Å². The summed E-state index contributed by atoms with van der Waals surface area (Å²) in [5, 5.41) is 0. The summed E-state index contributed by atoms with van der Waals surface area (Å²) in [6, 6.07) is 8.84. The molecule has 4 heteroatoms. The quantitative estimate of drug-likeness (QED) is 0.709. The third-order valence-electron chi connectivity index (χ3n) is 5.25. The van der Waals surface area contributed by atoms with Crippen molar-refractivity contribution >= 4 is 21.9 Å². The van der Waals surface area contributed by atoms with Gasteiger partial charge in [0.2, 0.25) is 0 Å². The molecular formula is C19H26BrNO2. The number of unbranched alkanes of at least 4 members (excludes halogenated alkanes) is 1. The largest absolute Gasteiger partial charge is 0.460 e. The Morgan fingerprint density at radius 3 is 2.70 bits per heavy atom. The number of hydrogen-bond acceptors (Lipinski definition) is 3. The maximum absolute atomic E-state index is 12.5. The summed E-state index contributed by atoms with van der Waals surface area (Å²) >= 11 is 3.51. The molecule has 23 heavy (non-hydrogen) atoms. The van der Waals surface area contributed by atoms with Crippen LogP contribution in [-0.4, -0.2) is 29.6 Å². The summed E-state index contributed by atoms with van der Waals surface area (Å²) < 4.78 is 6.81. The number of fused-ring (bicyclic) bond motifs is 1. The molecule has 2 heterocycles. The third kappa shape index (κ3) is 3.63. The first-order chi connectivity index (χ1) is 11.1. The molecule has 0 N–H and O–H groups in total. The minimum absolute atomic E-state index is 0.00800. The molecule has 0 bridgehead atoms. The van der Waals surface area contributed by atoms with Gasteiger partial charge >= 0.3 is 5.97 Å². The van der Waals surface area contributed by atoms with Crippen molar-refractivity contribution in [3.05, 3.63) is 34.3 Å². The van der Waals surface area contributed by atoms with Crippen molar-refractivity contribution in [3.8, 4) is 0 Å². The van der Waals surface area contributed by atoms with Gasteiger partial charge in [0.15, 0.2) is 0 Å². The Morgan fingerprint density at radius 1 is 1.26 bits per heavy atom. The molecule has 2 aliphatic rings. The van der Waals surface area contributed by atoms with E-state index in [1.165, 1.54) is 5.56 Å². The van der Waals surface area contributed by atoms with E-state index in [4.69, 9.17) is 4.74 Å². The Labute approximate surface area is 147 Å². The molecule has 1 aromatic carbocycles. The normalized spacial score (nSPS) is 31.5. The van der Waals surface area contributed by atoms with Crippen LogP contribution in [0.3, 0.4) is 0 Å². The number of halogens is 1. The molecule has 2 saturated heterocycles. The van der Waals surface area contributed by atoms with Crippen molar-refractivity contribution in [1.82, 2.24) is 4.90 Å². The molecule has 0 amide bonds. The van der Waals surface area contributed by atoms with E-state index in [0.717, 1.165) is 43.1 Å². The van der Waals surface area contributed by atoms with Crippen LogP contribution >= 0.6 is 15.9 Å². The fourth-order valence-electron chi connectivity index (χ4n) is 4.04.